The Morgan fingerprint density at radius 2 is 2.32 bits per heavy atom. The van der Waals surface area contributed by atoms with Crippen molar-refractivity contribution in [3.8, 4) is 11.5 Å². The molecule has 0 saturated carbocycles. The summed E-state index contributed by atoms with van der Waals surface area (Å²) in [5, 5.41) is 14.6. The van der Waals surface area contributed by atoms with Gasteiger partial charge in [-0.2, -0.15) is 0 Å². The number of aromatic amines is 1. The molecule has 1 atom stereocenters. The van der Waals surface area contributed by atoms with Gasteiger partial charge in [0.25, 0.3) is 0 Å². The lowest BCUT2D eigenvalue weighted by Gasteiger charge is -2.15. The monoisotopic (exact) mass is 280 g/mol. The third-order valence-corrected chi connectivity index (χ3v) is 3.59. The second-order valence-corrected chi connectivity index (χ2v) is 5.05. The van der Waals surface area contributed by atoms with Gasteiger partial charge in [-0.25, -0.2) is 0 Å². The number of hydrogen-bond acceptors (Lipinski definition) is 5. The Morgan fingerprint density at radius 1 is 1.53 bits per heavy atom. The first-order valence-electron chi connectivity index (χ1n) is 5.87. The number of hydrogen-bond donors (Lipinski definition) is 3. The van der Waals surface area contributed by atoms with Crippen LogP contribution in [-0.4, -0.2) is 17.2 Å². The van der Waals surface area contributed by atoms with Gasteiger partial charge in [0.15, 0.2) is 11.5 Å². The number of methoxy groups -OCH3 is 1. The van der Waals surface area contributed by atoms with E-state index in [1.54, 1.807) is 17.5 Å². The minimum absolute atomic E-state index is 0.0456. The lowest BCUT2D eigenvalue weighted by atomic mass is 10.1. The first kappa shape index (κ1) is 13.6. The fraction of sp³-hybridized carbons (Fsp3) is 0.308. The number of benzene rings is 1. The van der Waals surface area contributed by atoms with Crippen LogP contribution < -0.4 is 14.9 Å². The Kier molecular flexibility index (Phi) is 4.24. The molecular formula is C13H16N2O3S. The fourth-order valence-electron chi connectivity index (χ4n) is 1.74. The predicted molar refractivity (Wildman–Crippen MR) is 74.9 cm³/mol. The van der Waals surface area contributed by atoms with E-state index in [0.29, 0.717) is 12.3 Å². The predicted octanol–water partition coefficient (Wildman–Crippen LogP) is 2.00. The summed E-state index contributed by atoms with van der Waals surface area (Å²) in [7, 11) is 1.52. The molecule has 2 aromatic rings. The Balaban J connectivity index is 2.03. The summed E-state index contributed by atoms with van der Waals surface area (Å²) in [5.74, 6) is 0.579. The van der Waals surface area contributed by atoms with Crippen LogP contribution in [0.25, 0.3) is 0 Å². The van der Waals surface area contributed by atoms with Crippen LogP contribution in [-0.2, 0) is 6.54 Å². The summed E-state index contributed by atoms with van der Waals surface area (Å²) in [4.78, 5) is 13.7. The Hall–Kier alpha value is -1.79. The van der Waals surface area contributed by atoms with Gasteiger partial charge in [-0.05, 0) is 24.6 Å². The summed E-state index contributed by atoms with van der Waals surface area (Å²) in [6.07, 6.45) is 0. The van der Waals surface area contributed by atoms with Crippen molar-refractivity contribution in [1.82, 2.24) is 10.3 Å². The zero-order valence-electron chi connectivity index (χ0n) is 10.8. The Morgan fingerprint density at radius 3 is 2.95 bits per heavy atom. The van der Waals surface area contributed by atoms with Crippen molar-refractivity contribution in [2.75, 3.05) is 7.11 Å². The maximum atomic E-state index is 11.0. The number of ether oxygens (including phenoxy) is 1. The SMILES string of the molecule is COc1cc(C(C)NCc2csc(=O)[nH]2)ccc1O. The first-order valence-corrected chi connectivity index (χ1v) is 6.75. The van der Waals surface area contributed by atoms with Crippen LogP contribution in [0.15, 0.2) is 28.4 Å². The molecule has 1 unspecified atom stereocenters. The zero-order chi connectivity index (χ0) is 13.8. The summed E-state index contributed by atoms with van der Waals surface area (Å²) in [6.45, 7) is 2.60. The molecule has 0 saturated heterocycles. The number of nitrogens with one attached hydrogen (secondary N) is 2. The molecule has 1 heterocycles. The average Bonchev–Trinajstić information content (AvgIpc) is 2.82. The van der Waals surface area contributed by atoms with E-state index in [9.17, 15) is 9.90 Å². The van der Waals surface area contributed by atoms with Crippen molar-refractivity contribution in [3.05, 3.63) is 44.5 Å². The quantitative estimate of drug-likeness (QED) is 0.783. The van der Waals surface area contributed by atoms with E-state index < -0.39 is 0 Å². The van der Waals surface area contributed by atoms with Gasteiger partial charge in [0.2, 0.25) is 0 Å². The Labute approximate surface area is 114 Å². The molecule has 0 aliphatic rings. The van der Waals surface area contributed by atoms with Crippen molar-refractivity contribution >= 4 is 11.3 Å². The van der Waals surface area contributed by atoms with Gasteiger partial charge >= 0.3 is 4.87 Å². The van der Waals surface area contributed by atoms with Crippen LogP contribution >= 0.6 is 11.3 Å². The number of H-pyrrole nitrogens is 1. The molecule has 2 rings (SSSR count). The molecule has 0 spiro atoms. The van der Waals surface area contributed by atoms with E-state index in [0.717, 1.165) is 22.6 Å². The molecule has 0 fully saturated rings. The number of aromatic nitrogens is 1. The number of phenolic OH excluding ortho intramolecular Hbond substituents is 1. The average molecular weight is 280 g/mol. The van der Waals surface area contributed by atoms with E-state index in [1.807, 2.05) is 13.0 Å². The second kappa shape index (κ2) is 5.90. The van der Waals surface area contributed by atoms with Gasteiger partial charge in [-0.15, -0.1) is 0 Å². The number of aromatic hydroxyl groups is 1. The topological polar surface area (TPSA) is 74.3 Å². The minimum atomic E-state index is -0.0456. The highest BCUT2D eigenvalue weighted by Crippen LogP contribution is 2.28. The van der Waals surface area contributed by atoms with Gasteiger partial charge in [-0.1, -0.05) is 17.4 Å². The van der Waals surface area contributed by atoms with Crippen LogP contribution in [0, 0.1) is 0 Å². The molecule has 0 aliphatic heterocycles. The highest BCUT2D eigenvalue weighted by atomic mass is 32.1. The molecule has 19 heavy (non-hydrogen) atoms. The fourth-order valence-corrected chi connectivity index (χ4v) is 2.33. The smallest absolute Gasteiger partial charge is 0.304 e. The van der Waals surface area contributed by atoms with E-state index in [1.165, 1.54) is 7.11 Å². The van der Waals surface area contributed by atoms with Crippen LogP contribution in [0.5, 0.6) is 11.5 Å². The van der Waals surface area contributed by atoms with Crippen molar-refractivity contribution in [1.29, 1.82) is 0 Å². The maximum absolute atomic E-state index is 11.0. The van der Waals surface area contributed by atoms with Gasteiger partial charge in [0, 0.05) is 23.7 Å². The van der Waals surface area contributed by atoms with E-state index in [4.69, 9.17) is 4.74 Å². The molecule has 3 N–H and O–H groups in total. The molecule has 1 aromatic heterocycles. The first-order chi connectivity index (χ1) is 9.10. The molecule has 6 heteroatoms. The van der Waals surface area contributed by atoms with Crippen LogP contribution in [0.4, 0.5) is 0 Å². The van der Waals surface area contributed by atoms with Crippen LogP contribution in [0.2, 0.25) is 0 Å². The molecule has 0 radical (unpaired) electrons. The molecule has 0 aliphatic carbocycles. The lowest BCUT2D eigenvalue weighted by Crippen LogP contribution is -2.18. The Bertz CT molecular complexity index is 606. The lowest BCUT2D eigenvalue weighted by molar-refractivity contribution is 0.372. The molecule has 5 nitrogen and oxygen atoms in total. The molecule has 1 aromatic carbocycles. The van der Waals surface area contributed by atoms with Crippen molar-refractivity contribution in [2.45, 2.75) is 19.5 Å². The van der Waals surface area contributed by atoms with Gasteiger partial charge in [0.05, 0.1) is 7.11 Å². The minimum Gasteiger partial charge on any atom is -0.504 e. The number of phenols is 1. The van der Waals surface area contributed by atoms with Crippen molar-refractivity contribution in [2.24, 2.45) is 0 Å². The van der Waals surface area contributed by atoms with E-state index in [2.05, 4.69) is 10.3 Å². The highest BCUT2D eigenvalue weighted by Gasteiger charge is 2.09. The number of rotatable bonds is 5. The third kappa shape index (κ3) is 3.36. The van der Waals surface area contributed by atoms with E-state index >= 15 is 0 Å². The van der Waals surface area contributed by atoms with Crippen molar-refractivity contribution in [3.63, 3.8) is 0 Å². The number of thiazole rings is 1. The highest BCUT2D eigenvalue weighted by molar-refractivity contribution is 7.07. The largest absolute Gasteiger partial charge is 0.504 e. The second-order valence-electron chi connectivity index (χ2n) is 4.21. The molecule has 0 amide bonds. The maximum Gasteiger partial charge on any atom is 0.304 e. The molecule has 102 valence electrons. The zero-order valence-corrected chi connectivity index (χ0v) is 11.6. The van der Waals surface area contributed by atoms with Crippen LogP contribution in [0.1, 0.15) is 24.2 Å². The van der Waals surface area contributed by atoms with Gasteiger partial charge in [0.1, 0.15) is 0 Å². The molecular weight excluding hydrogens is 264 g/mol. The summed E-state index contributed by atoms with van der Waals surface area (Å²) >= 11 is 1.16. The third-order valence-electron chi connectivity index (χ3n) is 2.87. The standard InChI is InChI=1S/C13H16N2O3S/c1-8(14-6-10-7-19-13(17)15-10)9-3-4-11(16)12(5-9)18-2/h3-5,7-8,14,16H,6H2,1-2H3,(H,15,17). The van der Waals surface area contributed by atoms with E-state index in [-0.39, 0.29) is 16.7 Å². The van der Waals surface area contributed by atoms with Gasteiger partial charge in [-0.3, -0.25) is 4.79 Å². The molecule has 0 bridgehead atoms. The summed E-state index contributed by atoms with van der Waals surface area (Å²) < 4.78 is 5.08. The van der Waals surface area contributed by atoms with Crippen molar-refractivity contribution < 1.29 is 9.84 Å². The summed E-state index contributed by atoms with van der Waals surface area (Å²) in [5.41, 5.74) is 1.87. The van der Waals surface area contributed by atoms with Crippen LogP contribution in [0.3, 0.4) is 0 Å². The summed E-state index contributed by atoms with van der Waals surface area (Å²) in [6, 6.07) is 5.33. The normalized spacial score (nSPS) is 12.3. The van der Waals surface area contributed by atoms with Gasteiger partial charge < -0.3 is 20.1 Å².